The van der Waals surface area contributed by atoms with Crippen molar-refractivity contribution in [2.45, 2.75) is 77.7 Å². The molecule has 2 fully saturated rings. The number of hydrogen-bond donors (Lipinski definition) is 0. The number of benzene rings is 2. The van der Waals surface area contributed by atoms with Crippen molar-refractivity contribution in [3.63, 3.8) is 0 Å². The van der Waals surface area contributed by atoms with E-state index in [9.17, 15) is 14.9 Å². The van der Waals surface area contributed by atoms with Crippen LogP contribution in [0.5, 0.6) is 5.75 Å². The number of fused-ring (bicyclic) bond motifs is 2. The van der Waals surface area contributed by atoms with E-state index in [1.807, 2.05) is 36.4 Å². The Morgan fingerprint density at radius 2 is 1.58 bits per heavy atom. The Balaban J connectivity index is 1.61. The van der Waals surface area contributed by atoms with Crippen LogP contribution in [0.15, 0.2) is 48.5 Å². The molecule has 0 N–H and O–H groups in total. The van der Waals surface area contributed by atoms with Gasteiger partial charge < -0.3 is 28.7 Å². The van der Waals surface area contributed by atoms with E-state index in [4.69, 9.17) is 30.5 Å². The van der Waals surface area contributed by atoms with E-state index >= 15 is 0 Å². The molecule has 5 rings (SSSR count). The Bertz CT molecular complexity index is 1670. The summed E-state index contributed by atoms with van der Waals surface area (Å²) in [5.41, 5.74) is 1.18. The highest BCUT2D eigenvalue weighted by atomic mass is 35.5. The summed E-state index contributed by atoms with van der Waals surface area (Å²) in [6, 6.07) is 16.9. The molecule has 0 aliphatic carbocycles. The van der Waals surface area contributed by atoms with Crippen molar-refractivity contribution in [2.24, 2.45) is 0 Å². The van der Waals surface area contributed by atoms with Crippen molar-refractivity contribution < 1.29 is 28.5 Å². The maximum Gasteiger partial charge on any atom is 0.425 e. The van der Waals surface area contributed by atoms with Gasteiger partial charge in [0.2, 0.25) is 0 Å². The van der Waals surface area contributed by atoms with Crippen LogP contribution in [0.4, 0.5) is 26.8 Å². The maximum absolute atomic E-state index is 13.8. The zero-order chi connectivity index (χ0) is 34.8. The first-order valence-corrected chi connectivity index (χ1v) is 16.1. The number of aromatic nitrogens is 2. The number of nitrogens with zero attached hydrogens (tertiary/aromatic N) is 6. The fourth-order valence-electron chi connectivity index (χ4n) is 5.96. The van der Waals surface area contributed by atoms with Gasteiger partial charge in [-0.05, 0) is 90.8 Å². The van der Waals surface area contributed by atoms with Gasteiger partial charge >= 0.3 is 12.2 Å². The normalized spacial score (nSPS) is 17.5. The van der Waals surface area contributed by atoms with Gasteiger partial charge in [0.1, 0.15) is 23.0 Å². The molecule has 0 radical (unpaired) electrons. The van der Waals surface area contributed by atoms with Crippen LogP contribution in [0.25, 0.3) is 11.3 Å². The lowest BCUT2D eigenvalue weighted by Gasteiger charge is -2.44. The topological polar surface area (TPSA) is 130 Å². The summed E-state index contributed by atoms with van der Waals surface area (Å²) in [5.74, 6) is 0.526. The Kier molecular flexibility index (Phi) is 10.0. The number of ether oxygens (including phenoxy) is 4. The van der Waals surface area contributed by atoms with Crippen molar-refractivity contribution in [2.75, 3.05) is 41.7 Å². The molecule has 48 heavy (non-hydrogen) atoms. The van der Waals surface area contributed by atoms with Crippen molar-refractivity contribution in [3.8, 4) is 23.1 Å². The van der Waals surface area contributed by atoms with Gasteiger partial charge in [0, 0.05) is 43.5 Å². The lowest BCUT2D eigenvalue weighted by molar-refractivity contribution is 0.0428. The number of carbonyl (C=O) groups excluding carboxylic acids is 2. The van der Waals surface area contributed by atoms with Gasteiger partial charge in [-0.1, -0.05) is 23.7 Å². The molecule has 2 atom stereocenters. The number of nitriles is 1. The van der Waals surface area contributed by atoms with Gasteiger partial charge in [-0.2, -0.15) is 10.2 Å². The van der Waals surface area contributed by atoms with Crippen LogP contribution in [-0.2, 0) is 14.2 Å². The summed E-state index contributed by atoms with van der Waals surface area (Å²) in [7, 11) is 1.54. The molecule has 254 valence electrons. The molecule has 3 aromatic rings. The molecule has 1 aromatic heterocycles. The van der Waals surface area contributed by atoms with Crippen LogP contribution in [0, 0.1) is 11.3 Å². The molecule has 2 saturated heterocycles. The molecule has 2 aromatic carbocycles. The number of methoxy groups -OCH3 is 1. The summed E-state index contributed by atoms with van der Waals surface area (Å²) >= 11 is 6.43. The molecule has 2 aliphatic heterocycles. The second-order valence-electron chi connectivity index (χ2n) is 13.8. The minimum absolute atomic E-state index is 0.00758. The third-order valence-electron chi connectivity index (χ3n) is 7.81. The fourth-order valence-corrected chi connectivity index (χ4v) is 6.18. The second kappa shape index (κ2) is 13.9. The first-order chi connectivity index (χ1) is 22.7. The van der Waals surface area contributed by atoms with Crippen molar-refractivity contribution in [1.29, 1.82) is 5.26 Å². The van der Waals surface area contributed by atoms with Gasteiger partial charge in [-0.3, -0.25) is 0 Å². The van der Waals surface area contributed by atoms with Crippen molar-refractivity contribution >= 4 is 41.0 Å². The molecule has 0 saturated carbocycles. The number of carbonyl (C=O) groups is 2. The van der Waals surface area contributed by atoms with E-state index in [1.54, 1.807) is 53.7 Å². The molecular weight excluding hydrogens is 636 g/mol. The SMILES string of the molecule is COCOc1ccccc1-c1cc(N2CC3CCC(C2)N3c2ccc(C#N)c(Cl)c2)c(N(C(=O)OC(C)(C)C)C(=O)OC(C)(C)C)nn1. The van der Waals surface area contributed by atoms with Gasteiger partial charge in [0.25, 0.3) is 0 Å². The van der Waals surface area contributed by atoms with E-state index in [0.717, 1.165) is 23.4 Å². The van der Waals surface area contributed by atoms with Crippen LogP contribution in [-0.4, -0.2) is 72.7 Å². The van der Waals surface area contributed by atoms with E-state index in [1.165, 1.54) is 7.11 Å². The average Bonchev–Trinajstić information content (AvgIpc) is 3.27. The zero-order valence-electron chi connectivity index (χ0n) is 28.3. The minimum Gasteiger partial charge on any atom is -0.467 e. The number of rotatable bonds is 7. The van der Waals surface area contributed by atoms with Gasteiger partial charge in [-0.15, -0.1) is 10.2 Å². The van der Waals surface area contributed by atoms with Crippen molar-refractivity contribution in [1.82, 2.24) is 10.2 Å². The first kappa shape index (κ1) is 34.7. The third kappa shape index (κ3) is 7.75. The van der Waals surface area contributed by atoms with Crippen LogP contribution in [0.1, 0.15) is 59.9 Å². The van der Waals surface area contributed by atoms with Gasteiger partial charge in [-0.25, -0.2) is 9.59 Å². The highest BCUT2D eigenvalue weighted by molar-refractivity contribution is 6.32. The predicted molar refractivity (Wildman–Crippen MR) is 183 cm³/mol. The number of piperazine rings is 1. The minimum atomic E-state index is -0.933. The Labute approximate surface area is 286 Å². The molecule has 3 heterocycles. The first-order valence-electron chi connectivity index (χ1n) is 15.8. The zero-order valence-corrected chi connectivity index (χ0v) is 29.1. The standard InChI is InChI=1S/C35H41ClN6O6/c1-34(2,3)47-32(43)42(33(44)48-35(4,5)6)31-29(17-28(38-39-31)26-10-8-9-11-30(26)46-21-45-7)40-19-24-14-15-25(20-40)41(24)23-13-12-22(18-37)27(36)16-23/h8-13,16-17,24-25H,14-15,19-21H2,1-7H3. The molecule has 12 nitrogen and oxygen atoms in total. The van der Waals surface area contributed by atoms with Crippen LogP contribution in [0.2, 0.25) is 5.02 Å². The quantitative estimate of drug-likeness (QED) is 0.236. The molecule has 2 aliphatic rings. The fraction of sp³-hybridized carbons (Fsp3) is 0.457. The number of hydrogen-bond acceptors (Lipinski definition) is 11. The van der Waals surface area contributed by atoms with Gasteiger partial charge in [0.05, 0.1) is 22.0 Å². The van der Waals surface area contributed by atoms with Crippen LogP contribution >= 0.6 is 11.6 Å². The molecule has 2 unspecified atom stereocenters. The summed E-state index contributed by atoms with van der Waals surface area (Å²) < 4.78 is 22.3. The second-order valence-corrected chi connectivity index (χ2v) is 14.2. The van der Waals surface area contributed by atoms with Gasteiger partial charge in [0.15, 0.2) is 12.6 Å². The molecule has 2 bridgehead atoms. The summed E-state index contributed by atoms with van der Waals surface area (Å²) in [6.45, 7) is 11.4. The largest absolute Gasteiger partial charge is 0.467 e. The molecule has 2 amide bonds. The Morgan fingerprint density at radius 1 is 0.958 bits per heavy atom. The molecular formula is C35H41ClN6O6. The van der Waals surface area contributed by atoms with Crippen molar-refractivity contribution in [3.05, 3.63) is 59.1 Å². The smallest absolute Gasteiger partial charge is 0.425 e. The van der Waals surface area contributed by atoms with Crippen LogP contribution in [0.3, 0.4) is 0 Å². The van der Waals surface area contributed by atoms with Crippen LogP contribution < -0.4 is 19.4 Å². The highest BCUT2D eigenvalue weighted by Crippen LogP contribution is 2.41. The summed E-state index contributed by atoms with van der Waals surface area (Å²) in [4.78, 5) is 32.8. The number of imide groups is 1. The van der Waals surface area contributed by atoms with E-state index in [2.05, 4.69) is 26.1 Å². The lowest BCUT2D eigenvalue weighted by atomic mass is 10.1. The number of para-hydroxylation sites is 1. The number of anilines is 3. The van der Waals surface area contributed by atoms with E-state index < -0.39 is 23.4 Å². The van der Waals surface area contributed by atoms with E-state index in [-0.39, 0.29) is 24.7 Å². The number of halogens is 1. The predicted octanol–water partition coefficient (Wildman–Crippen LogP) is 7.19. The third-order valence-corrected chi connectivity index (χ3v) is 8.12. The molecule has 13 heteroatoms. The lowest BCUT2D eigenvalue weighted by Crippen LogP contribution is -2.54. The molecule has 0 spiro atoms. The maximum atomic E-state index is 13.8. The number of amides is 2. The Hall–Kier alpha value is -4.60. The summed E-state index contributed by atoms with van der Waals surface area (Å²) in [5, 5.41) is 18.8. The highest BCUT2D eigenvalue weighted by Gasteiger charge is 2.43. The summed E-state index contributed by atoms with van der Waals surface area (Å²) in [6.07, 6.45) is -0.0419. The Morgan fingerprint density at radius 3 is 2.15 bits per heavy atom. The van der Waals surface area contributed by atoms with E-state index in [0.29, 0.717) is 46.4 Å². The average molecular weight is 677 g/mol. The monoisotopic (exact) mass is 676 g/mol.